The van der Waals surface area contributed by atoms with Crippen LogP contribution < -0.4 is 11.1 Å². The smallest absolute Gasteiger partial charge is 0.356 e. The largest absolute Gasteiger partial charge is 0.476 e. The number of nitrogens with two attached hydrogens (primary N) is 1. The maximum absolute atomic E-state index is 11.1. The molecule has 7 heteroatoms. The number of primary amides is 1. The summed E-state index contributed by atoms with van der Waals surface area (Å²) in [7, 11) is 0. The van der Waals surface area contributed by atoms with E-state index in [1.807, 2.05) is 13.8 Å². The van der Waals surface area contributed by atoms with Crippen LogP contribution in [0, 0.1) is 5.92 Å². The summed E-state index contributed by atoms with van der Waals surface area (Å²) in [6, 6.07) is -0.569. The first-order valence-corrected chi connectivity index (χ1v) is 5.03. The molecule has 0 fully saturated rings. The summed E-state index contributed by atoms with van der Waals surface area (Å²) >= 11 is 0. The third-order valence-electron chi connectivity index (χ3n) is 2.15. The van der Waals surface area contributed by atoms with Crippen LogP contribution in [0.25, 0.3) is 0 Å². The minimum atomic E-state index is -1.15. The molecule has 0 radical (unpaired) electrons. The molecule has 0 saturated carbocycles. The fourth-order valence-electron chi connectivity index (χ4n) is 1.24. The Balaban J connectivity index is 2.80. The number of rotatable bonds is 5. The Morgan fingerprint density at radius 2 is 2.00 bits per heavy atom. The van der Waals surface area contributed by atoms with E-state index in [1.54, 1.807) is 0 Å². The number of carboxylic acid groups (broad SMARTS) is 1. The van der Waals surface area contributed by atoms with Gasteiger partial charge in [0.05, 0.1) is 12.4 Å². The molecule has 0 bridgehead atoms. The molecule has 1 unspecified atom stereocenters. The maximum Gasteiger partial charge on any atom is 0.356 e. The lowest BCUT2D eigenvalue weighted by Gasteiger charge is -2.19. The van der Waals surface area contributed by atoms with Gasteiger partial charge in [0.2, 0.25) is 5.91 Å². The zero-order chi connectivity index (χ0) is 13.0. The molecule has 7 nitrogen and oxygen atoms in total. The number of hydrogen-bond donors (Lipinski definition) is 3. The predicted octanol–water partition coefficient (Wildman–Crippen LogP) is 0.0966. The van der Waals surface area contributed by atoms with E-state index in [9.17, 15) is 9.59 Å². The summed E-state index contributed by atoms with van der Waals surface area (Å²) in [5.74, 6) is -1.34. The van der Waals surface area contributed by atoms with Gasteiger partial charge < -0.3 is 16.2 Å². The Morgan fingerprint density at radius 1 is 1.35 bits per heavy atom. The molecule has 1 amide bonds. The molecule has 92 valence electrons. The molecule has 0 aromatic carbocycles. The van der Waals surface area contributed by atoms with Crippen molar-refractivity contribution in [2.75, 3.05) is 5.32 Å². The van der Waals surface area contributed by atoms with Crippen LogP contribution in [0.5, 0.6) is 0 Å². The number of carbonyl (C=O) groups is 2. The van der Waals surface area contributed by atoms with Gasteiger partial charge in [-0.25, -0.2) is 14.8 Å². The van der Waals surface area contributed by atoms with E-state index >= 15 is 0 Å². The van der Waals surface area contributed by atoms with Crippen molar-refractivity contribution in [3.63, 3.8) is 0 Å². The lowest BCUT2D eigenvalue weighted by molar-refractivity contribution is -0.119. The molecular formula is C10H14N4O3. The van der Waals surface area contributed by atoms with Crippen molar-refractivity contribution in [1.82, 2.24) is 9.97 Å². The Hall–Kier alpha value is -2.18. The zero-order valence-electron chi connectivity index (χ0n) is 9.54. The summed E-state index contributed by atoms with van der Waals surface area (Å²) in [5.41, 5.74) is 5.06. The first-order chi connectivity index (χ1) is 7.91. The number of hydrogen-bond acceptors (Lipinski definition) is 5. The van der Waals surface area contributed by atoms with Crippen molar-refractivity contribution in [1.29, 1.82) is 0 Å². The predicted molar refractivity (Wildman–Crippen MR) is 60.4 cm³/mol. The molecule has 0 aliphatic rings. The Bertz CT molecular complexity index is 416. The first kappa shape index (κ1) is 12.9. The van der Waals surface area contributed by atoms with Gasteiger partial charge in [-0.2, -0.15) is 0 Å². The number of aromatic carboxylic acids is 1. The van der Waals surface area contributed by atoms with Crippen molar-refractivity contribution in [2.24, 2.45) is 11.7 Å². The monoisotopic (exact) mass is 238 g/mol. The van der Waals surface area contributed by atoms with E-state index in [-0.39, 0.29) is 11.6 Å². The van der Waals surface area contributed by atoms with Crippen LogP contribution >= 0.6 is 0 Å². The van der Waals surface area contributed by atoms with Crippen LogP contribution in [0.1, 0.15) is 24.3 Å². The summed E-state index contributed by atoms with van der Waals surface area (Å²) < 4.78 is 0. The number of nitrogens with zero attached hydrogens (tertiary/aromatic N) is 2. The quantitative estimate of drug-likeness (QED) is 0.669. The minimum absolute atomic E-state index is 0.00606. The van der Waals surface area contributed by atoms with Gasteiger partial charge in [-0.3, -0.25) is 4.79 Å². The second kappa shape index (κ2) is 5.24. The Kier molecular flexibility index (Phi) is 3.97. The Morgan fingerprint density at radius 3 is 2.35 bits per heavy atom. The highest BCUT2D eigenvalue weighted by Crippen LogP contribution is 2.09. The minimum Gasteiger partial charge on any atom is -0.476 e. The summed E-state index contributed by atoms with van der Waals surface area (Å²) in [5, 5.41) is 11.4. The molecule has 17 heavy (non-hydrogen) atoms. The maximum atomic E-state index is 11.1. The van der Waals surface area contributed by atoms with Crippen LogP contribution in [0.3, 0.4) is 0 Å². The number of nitrogens with one attached hydrogen (secondary N) is 1. The van der Waals surface area contributed by atoms with Crippen molar-refractivity contribution in [2.45, 2.75) is 19.9 Å². The van der Waals surface area contributed by atoms with E-state index in [2.05, 4.69) is 15.3 Å². The number of anilines is 1. The molecule has 0 aliphatic carbocycles. The van der Waals surface area contributed by atoms with Gasteiger partial charge in [0.15, 0.2) is 5.69 Å². The van der Waals surface area contributed by atoms with Crippen molar-refractivity contribution >= 4 is 17.7 Å². The lowest BCUT2D eigenvalue weighted by atomic mass is 10.0. The van der Waals surface area contributed by atoms with Gasteiger partial charge >= 0.3 is 5.97 Å². The highest BCUT2D eigenvalue weighted by atomic mass is 16.4. The SMILES string of the molecule is CC(C)C(Nc1cnc(C(=O)O)cn1)C(N)=O. The van der Waals surface area contributed by atoms with Crippen molar-refractivity contribution in [3.05, 3.63) is 18.1 Å². The highest BCUT2D eigenvalue weighted by Gasteiger charge is 2.19. The standard InChI is InChI=1S/C10H14N4O3/c1-5(2)8(9(11)15)14-7-4-12-6(3-13-7)10(16)17/h3-5,8H,1-2H3,(H2,11,15)(H,13,14)(H,16,17). The molecule has 1 aromatic heterocycles. The molecule has 1 aromatic rings. The van der Waals surface area contributed by atoms with Crippen molar-refractivity contribution < 1.29 is 14.7 Å². The highest BCUT2D eigenvalue weighted by molar-refractivity contribution is 5.85. The number of carboxylic acids is 1. The van der Waals surface area contributed by atoms with Crippen LogP contribution in [0.4, 0.5) is 5.82 Å². The van der Waals surface area contributed by atoms with Crippen LogP contribution in [0.15, 0.2) is 12.4 Å². The Labute approximate surface area is 98.1 Å². The van der Waals surface area contributed by atoms with E-state index in [0.717, 1.165) is 6.20 Å². The fourth-order valence-corrected chi connectivity index (χ4v) is 1.24. The summed E-state index contributed by atoms with van der Waals surface area (Å²) in [6.07, 6.45) is 2.37. The van der Waals surface area contributed by atoms with Crippen LogP contribution in [-0.4, -0.2) is 33.0 Å². The van der Waals surface area contributed by atoms with E-state index in [4.69, 9.17) is 10.8 Å². The average molecular weight is 238 g/mol. The number of carbonyl (C=O) groups excluding carboxylic acids is 1. The molecular weight excluding hydrogens is 224 g/mol. The van der Waals surface area contributed by atoms with E-state index < -0.39 is 17.9 Å². The lowest BCUT2D eigenvalue weighted by Crippen LogP contribution is -2.39. The zero-order valence-corrected chi connectivity index (χ0v) is 9.54. The number of aromatic nitrogens is 2. The van der Waals surface area contributed by atoms with Crippen LogP contribution in [-0.2, 0) is 4.79 Å². The second-order valence-corrected chi connectivity index (χ2v) is 3.86. The van der Waals surface area contributed by atoms with Gasteiger partial charge in [-0.1, -0.05) is 13.8 Å². The van der Waals surface area contributed by atoms with E-state index in [1.165, 1.54) is 6.20 Å². The van der Waals surface area contributed by atoms with Crippen molar-refractivity contribution in [3.8, 4) is 0 Å². The first-order valence-electron chi connectivity index (χ1n) is 5.03. The molecule has 0 spiro atoms. The molecule has 1 heterocycles. The summed E-state index contributed by atoms with van der Waals surface area (Å²) in [6.45, 7) is 3.67. The van der Waals surface area contributed by atoms with Gasteiger partial charge in [0.25, 0.3) is 0 Å². The third kappa shape index (κ3) is 3.40. The topological polar surface area (TPSA) is 118 Å². The number of amides is 1. The molecule has 4 N–H and O–H groups in total. The van der Waals surface area contributed by atoms with Gasteiger partial charge in [-0.05, 0) is 5.92 Å². The molecule has 0 aliphatic heterocycles. The fraction of sp³-hybridized carbons (Fsp3) is 0.400. The second-order valence-electron chi connectivity index (χ2n) is 3.86. The third-order valence-corrected chi connectivity index (χ3v) is 2.15. The summed E-state index contributed by atoms with van der Waals surface area (Å²) in [4.78, 5) is 29.2. The molecule has 1 atom stereocenters. The average Bonchev–Trinajstić information content (AvgIpc) is 2.25. The normalized spacial score (nSPS) is 12.2. The van der Waals surface area contributed by atoms with Crippen LogP contribution in [0.2, 0.25) is 0 Å². The van der Waals surface area contributed by atoms with Gasteiger partial charge in [-0.15, -0.1) is 0 Å². The van der Waals surface area contributed by atoms with Gasteiger partial charge in [0.1, 0.15) is 11.9 Å². The molecule has 1 rings (SSSR count). The molecule has 0 saturated heterocycles. The van der Waals surface area contributed by atoms with E-state index in [0.29, 0.717) is 5.82 Å². The van der Waals surface area contributed by atoms with Gasteiger partial charge in [0, 0.05) is 0 Å².